The first-order chi connectivity index (χ1) is 12.0. The molecule has 1 heterocycles. The molecular weight excluding hydrogens is 328 g/mol. The lowest BCUT2D eigenvalue weighted by atomic mass is 9.87. The molecule has 0 saturated carbocycles. The minimum absolute atomic E-state index is 0.321. The molecule has 0 radical (unpaired) electrons. The van der Waals surface area contributed by atoms with Crippen molar-refractivity contribution in [1.82, 2.24) is 5.32 Å². The van der Waals surface area contributed by atoms with Gasteiger partial charge in [-0.05, 0) is 36.8 Å². The van der Waals surface area contributed by atoms with Crippen molar-refractivity contribution in [2.75, 3.05) is 19.7 Å². The van der Waals surface area contributed by atoms with Gasteiger partial charge in [0.25, 0.3) is 0 Å². The molecule has 1 saturated heterocycles. The number of morpholine rings is 1. The molecular formula is C19H19F2NO3. The quantitative estimate of drug-likeness (QED) is 0.864. The highest BCUT2D eigenvalue weighted by molar-refractivity contribution is 5.89. The number of benzene rings is 2. The molecule has 2 atom stereocenters. The number of esters is 1. The second kappa shape index (κ2) is 7.29. The van der Waals surface area contributed by atoms with Gasteiger partial charge < -0.3 is 14.8 Å². The van der Waals surface area contributed by atoms with Crippen molar-refractivity contribution in [2.24, 2.45) is 0 Å². The number of hydrogen-bond acceptors (Lipinski definition) is 4. The van der Waals surface area contributed by atoms with Gasteiger partial charge in [-0.1, -0.05) is 24.3 Å². The largest absolute Gasteiger partial charge is 0.456 e. The minimum Gasteiger partial charge on any atom is -0.456 e. The van der Waals surface area contributed by atoms with E-state index in [2.05, 4.69) is 5.32 Å². The zero-order valence-corrected chi connectivity index (χ0v) is 13.8. The lowest BCUT2D eigenvalue weighted by Gasteiger charge is -2.41. The summed E-state index contributed by atoms with van der Waals surface area (Å²) in [6.45, 7) is 3.01. The fourth-order valence-corrected chi connectivity index (χ4v) is 2.97. The summed E-state index contributed by atoms with van der Waals surface area (Å²) in [5.74, 6) is -2.39. The van der Waals surface area contributed by atoms with Crippen LogP contribution in [0.3, 0.4) is 0 Å². The maximum Gasteiger partial charge on any atom is 0.338 e. The molecule has 1 aliphatic heterocycles. The van der Waals surface area contributed by atoms with E-state index in [1.807, 2.05) is 0 Å². The van der Waals surface area contributed by atoms with Gasteiger partial charge in [0.05, 0.1) is 12.2 Å². The smallest absolute Gasteiger partial charge is 0.338 e. The molecule has 6 heteroatoms. The Morgan fingerprint density at radius 3 is 2.60 bits per heavy atom. The summed E-state index contributed by atoms with van der Waals surface area (Å²) in [6, 6.07) is 12.2. The molecule has 25 heavy (non-hydrogen) atoms. The fourth-order valence-electron chi connectivity index (χ4n) is 2.97. The maximum atomic E-state index is 13.7. The van der Waals surface area contributed by atoms with Crippen LogP contribution in [-0.4, -0.2) is 31.8 Å². The summed E-state index contributed by atoms with van der Waals surface area (Å²) in [5, 5.41) is 3.17. The van der Waals surface area contributed by atoms with E-state index in [9.17, 15) is 13.6 Å². The number of carbonyl (C=O) groups is 1. The van der Waals surface area contributed by atoms with Gasteiger partial charge in [0.1, 0.15) is 11.7 Å². The second-order valence-electron chi connectivity index (χ2n) is 5.96. The summed E-state index contributed by atoms with van der Waals surface area (Å²) in [5.41, 5.74) is -0.248. The van der Waals surface area contributed by atoms with Crippen molar-refractivity contribution in [2.45, 2.75) is 18.6 Å². The van der Waals surface area contributed by atoms with Gasteiger partial charge in [-0.2, -0.15) is 0 Å². The van der Waals surface area contributed by atoms with E-state index in [0.29, 0.717) is 30.8 Å². The summed E-state index contributed by atoms with van der Waals surface area (Å²) in [4.78, 5) is 12.4. The lowest BCUT2D eigenvalue weighted by Crippen LogP contribution is -2.54. The highest BCUT2D eigenvalue weighted by Gasteiger charge is 2.43. The molecule has 1 aliphatic rings. The summed E-state index contributed by atoms with van der Waals surface area (Å²) < 4.78 is 38.5. The Morgan fingerprint density at radius 2 is 1.96 bits per heavy atom. The van der Waals surface area contributed by atoms with E-state index < -0.39 is 29.3 Å². The molecule has 0 aliphatic carbocycles. The predicted octanol–water partition coefficient (Wildman–Crippen LogP) is 3.03. The van der Waals surface area contributed by atoms with Crippen molar-refractivity contribution >= 4 is 5.97 Å². The number of ether oxygens (including phenoxy) is 2. The molecule has 4 nitrogen and oxygen atoms in total. The predicted molar refractivity (Wildman–Crippen MR) is 88.2 cm³/mol. The number of carbonyl (C=O) groups excluding carboxylic acids is 1. The Balaban J connectivity index is 1.89. The van der Waals surface area contributed by atoms with Crippen molar-refractivity contribution in [3.8, 4) is 0 Å². The summed E-state index contributed by atoms with van der Waals surface area (Å²) >= 11 is 0. The average molecular weight is 347 g/mol. The SMILES string of the molecule is CC(OC(=O)c1ccccc1)C1(c2ccc(F)c(F)c2)CNCCO1. The molecule has 1 N–H and O–H groups in total. The normalized spacial score (nSPS) is 21.6. The third-order valence-electron chi connectivity index (χ3n) is 4.38. The molecule has 0 amide bonds. The van der Waals surface area contributed by atoms with Crippen LogP contribution in [0.4, 0.5) is 8.78 Å². The average Bonchev–Trinajstić information content (AvgIpc) is 2.65. The van der Waals surface area contributed by atoms with Crippen LogP contribution in [-0.2, 0) is 15.1 Å². The summed E-state index contributed by atoms with van der Waals surface area (Å²) in [6.07, 6.45) is -0.710. The van der Waals surface area contributed by atoms with Crippen LogP contribution in [0.15, 0.2) is 48.5 Å². The third kappa shape index (κ3) is 3.55. The molecule has 0 aromatic heterocycles. The standard InChI is InChI=1S/C19H19F2NO3/c1-13(25-18(23)14-5-3-2-4-6-14)19(12-22-9-10-24-19)15-7-8-16(20)17(21)11-15/h2-8,11,13,22H,9-10,12H2,1H3. The zero-order valence-electron chi connectivity index (χ0n) is 13.8. The molecule has 2 aromatic rings. The topological polar surface area (TPSA) is 47.6 Å². The van der Waals surface area contributed by atoms with Gasteiger partial charge in [0, 0.05) is 13.1 Å². The van der Waals surface area contributed by atoms with Crippen molar-refractivity contribution in [3.05, 3.63) is 71.3 Å². The van der Waals surface area contributed by atoms with Gasteiger partial charge in [-0.3, -0.25) is 0 Å². The van der Waals surface area contributed by atoms with Gasteiger partial charge in [-0.25, -0.2) is 13.6 Å². The highest BCUT2D eigenvalue weighted by Crippen LogP contribution is 2.34. The second-order valence-corrected chi connectivity index (χ2v) is 5.96. The number of hydrogen-bond donors (Lipinski definition) is 1. The Labute approximate surface area is 144 Å². The Hall–Kier alpha value is -2.31. The van der Waals surface area contributed by atoms with E-state index in [1.54, 1.807) is 37.3 Å². The van der Waals surface area contributed by atoms with Crippen LogP contribution < -0.4 is 5.32 Å². The van der Waals surface area contributed by atoms with Gasteiger partial charge in [0.2, 0.25) is 0 Å². The van der Waals surface area contributed by atoms with E-state index >= 15 is 0 Å². The highest BCUT2D eigenvalue weighted by atomic mass is 19.2. The van der Waals surface area contributed by atoms with Crippen molar-refractivity contribution in [1.29, 1.82) is 0 Å². The first kappa shape index (κ1) is 17.5. The Bertz CT molecular complexity index is 746. The monoisotopic (exact) mass is 347 g/mol. The number of rotatable bonds is 4. The Kier molecular flexibility index (Phi) is 5.11. The van der Waals surface area contributed by atoms with Gasteiger partial charge >= 0.3 is 5.97 Å². The van der Waals surface area contributed by atoms with Crippen LogP contribution >= 0.6 is 0 Å². The van der Waals surface area contributed by atoms with E-state index in [-0.39, 0.29) is 0 Å². The van der Waals surface area contributed by atoms with Crippen LogP contribution in [0.2, 0.25) is 0 Å². The molecule has 3 rings (SSSR count). The number of nitrogens with one attached hydrogen (secondary N) is 1. The molecule has 132 valence electrons. The van der Waals surface area contributed by atoms with Crippen LogP contribution in [0.5, 0.6) is 0 Å². The van der Waals surface area contributed by atoms with Crippen molar-refractivity contribution in [3.63, 3.8) is 0 Å². The number of halogens is 2. The minimum atomic E-state index is -1.09. The first-order valence-corrected chi connectivity index (χ1v) is 8.09. The summed E-state index contributed by atoms with van der Waals surface area (Å²) in [7, 11) is 0. The molecule has 2 unspecified atom stereocenters. The van der Waals surface area contributed by atoms with E-state index in [0.717, 1.165) is 12.1 Å². The zero-order chi connectivity index (χ0) is 17.9. The van der Waals surface area contributed by atoms with Crippen molar-refractivity contribution < 1.29 is 23.0 Å². The first-order valence-electron chi connectivity index (χ1n) is 8.09. The van der Waals surface area contributed by atoms with Crippen LogP contribution in [0, 0.1) is 11.6 Å². The van der Waals surface area contributed by atoms with Gasteiger partial charge in [-0.15, -0.1) is 0 Å². The van der Waals surface area contributed by atoms with E-state index in [1.165, 1.54) is 6.07 Å². The van der Waals surface area contributed by atoms with E-state index in [4.69, 9.17) is 9.47 Å². The molecule has 0 bridgehead atoms. The molecule has 1 fully saturated rings. The van der Waals surface area contributed by atoms with Crippen LogP contribution in [0.1, 0.15) is 22.8 Å². The Morgan fingerprint density at radius 1 is 1.20 bits per heavy atom. The maximum absolute atomic E-state index is 13.7. The third-order valence-corrected chi connectivity index (χ3v) is 4.38. The molecule has 2 aromatic carbocycles. The molecule has 0 spiro atoms. The van der Waals surface area contributed by atoms with Crippen LogP contribution in [0.25, 0.3) is 0 Å². The van der Waals surface area contributed by atoms with Gasteiger partial charge in [0.15, 0.2) is 11.6 Å². The fraction of sp³-hybridized carbons (Fsp3) is 0.316. The lowest BCUT2D eigenvalue weighted by molar-refractivity contribution is -0.141.